The molecular formula is C14H22O. The number of carbonyl (C=O) groups is 1. The Kier molecular flexibility index (Phi) is 10.2. The molecule has 0 unspecified atom stereocenters. The zero-order chi connectivity index (χ0) is 11.4. The van der Waals surface area contributed by atoms with Crippen LogP contribution < -0.4 is 0 Å². The van der Waals surface area contributed by atoms with E-state index in [0.717, 1.165) is 19.3 Å². The molecule has 1 heteroatoms. The summed E-state index contributed by atoms with van der Waals surface area (Å²) in [5.74, 6) is 0.346. The summed E-state index contributed by atoms with van der Waals surface area (Å²) in [6, 6.07) is 0. The second-order valence-corrected chi connectivity index (χ2v) is 3.54. The highest BCUT2D eigenvalue weighted by atomic mass is 16.1. The van der Waals surface area contributed by atoms with Gasteiger partial charge in [0, 0.05) is 12.8 Å². The lowest BCUT2D eigenvalue weighted by atomic mass is 10.1. The Hall–Kier alpha value is -1.11. The van der Waals surface area contributed by atoms with Crippen LogP contribution >= 0.6 is 0 Å². The molecule has 15 heavy (non-hydrogen) atoms. The van der Waals surface area contributed by atoms with Crippen molar-refractivity contribution in [2.24, 2.45) is 0 Å². The Labute approximate surface area is 93.6 Å². The van der Waals surface area contributed by atoms with Gasteiger partial charge in [-0.3, -0.25) is 4.79 Å². The van der Waals surface area contributed by atoms with Gasteiger partial charge in [-0.1, -0.05) is 56.2 Å². The van der Waals surface area contributed by atoms with Gasteiger partial charge in [0.15, 0.2) is 0 Å². The molecule has 0 fully saturated rings. The monoisotopic (exact) mass is 206 g/mol. The van der Waals surface area contributed by atoms with Crippen LogP contribution in [0.15, 0.2) is 36.5 Å². The lowest BCUT2D eigenvalue weighted by molar-refractivity contribution is -0.118. The van der Waals surface area contributed by atoms with Gasteiger partial charge in [0.05, 0.1) is 0 Å². The average molecular weight is 206 g/mol. The number of unbranched alkanes of at least 4 members (excludes halogenated alkanes) is 2. The normalized spacial score (nSPS) is 12.1. The highest BCUT2D eigenvalue weighted by Gasteiger charge is 1.97. The number of hydrogen-bond donors (Lipinski definition) is 0. The molecule has 0 rings (SSSR count). The van der Waals surface area contributed by atoms with Crippen LogP contribution in [0.3, 0.4) is 0 Å². The molecule has 0 atom stereocenters. The van der Waals surface area contributed by atoms with E-state index < -0.39 is 0 Å². The van der Waals surface area contributed by atoms with E-state index in [2.05, 4.69) is 6.92 Å². The molecule has 0 radical (unpaired) electrons. The van der Waals surface area contributed by atoms with Gasteiger partial charge in [-0.25, -0.2) is 0 Å². The Morgan fingerprint density at radius 2 is 1.80 bits per heavy atom. The van der Waals surface area contributed by atoms with Gasteiger partial charge in [0.1, 0.15) is 5.78 Å². The molecular weight excluding hydrogens is 184 g/mol. The second-order valence-electron chi connectivity index (χ2n) is 3.54. The van der Waals surface area contributed by atoms with Crippen molar-refractivity contribution in [2.45, 2.75) is 46.0 Å². The highest BCUT2D eigenvalue weighted by molar-refractivity contribution is 5.79. The summed E-state index contributed by atoms with van der Waals surface area (Å²) in [6.07, 6.45) is 16.4. The minimum atomic E-state index is 0.346. The molecule has 0 bridgehead atoms. The van der Waals surface area contributed by atoms with Crippen molar-refractivity contribution in [1.82, 2.24) is 0 Å². The smallest absolute Gasteiger partial charge is 0.136 e. The summed E-state index contributed by atoms with van der Waals surface area (Å²) < 4.78 is 0. The third-order valence-corrected chi connectivity index (χ3v) is 2.07. The fourth-order valence-corrected chi connectivity index (χ4v) is 1.19. The molecule has 0 aromatic carbocycles. The predicted molar refractivity (Wildman–Crippen MR) is 66.9 cm³/mol. The molecule has 0 aliphatic heterocycles. The van der Waals surface area contributed by atoms with Crippen molar-refractivity contribution in [3.8, 4) is 0 Å². The molecule has 0 N–H and O–H groups in total. The number of allylic oxidation sites excluding steroid dienone is 6. The molecule has 0 saturated heterocycles. The van der Waals surface area contributed by atoms with Crippen molar-refractivity contribution in [1.29, 1.82) is 0 Å². The first-order chi connectivity index (χ1) is 7.31. The summed E-state index contributed by atoms with van der Waals surface area (Å²) >= 11 is 0. The van der Waals surface area contributed by atoms with Crippen molar-refractivity contribution in [3.63, 3.8) is 0 Å². The summed E-state index contributed by atoms with van der Waals surface area (Å²) in [7, 11) is 0. The number of ketones is 1. The molecule has 84 valence electrons. The zero-order valence-electron chi connectivity index (χ0n) is 9.91. The number of carbonyl (C=O) groups excluding carboxylic acids is 1. The average Bonchev–Trinajstić information content (AvgIpc) is 2.23. The molecule has 0 aromatic rings. The fraction of sp³-hybridized carbons (Fsp3) is 0.500. The molecule has 0 heterocycles. The van der Waals surface area contributed by atoms with E-state index in [1.807, 2.05) is 43.4 Å². The van der Waals surface area contributed by atoms with Gasteiger partial charge in [-0.15, -0.1) is 0 Å². The standard InChI is InChI=1S/C14H22O/c1-3-5-7-8-9-11-13-14(15)12-10-6-4-2/h3,5,7-9,11H,4,6,10,12-13H2,1-2H3. The maximum Gasteiger partial charge on any atom is 0.136 e. The fourth-order valence-electron chi connectivity index (χ4n) is 1.19. The first-order valence-electron chi connectivity index (χ1n) is 5.77. The summed E-state index contributed by atoms with van der Waals surface area (Å²) in [4.78, 5) is 11.3. The van der Waals surface area contributed by atoms with Crippen LogP contribution in [0.4, 0.5) is 0 Å². The van der Waals surface area contributed by atoms with E-state index in [0.29, 0.717) is 12.2 Å². The van der Waals surface area contributed by atoms with Crippen molar-refractivity contribution in [2.75, 3.05) is 0 Å². The van der Waals surface area contributed by atoms with Gasteiger partial charge < -0.3 is 0 Å². The summed E-state index contributed by atoms with van der Waals surface area (Å²) in [5, 5.41) is 0. The lowest BCUT2D eigenvalue weighted by Gasteiger charge is -1.95. The Morgan fingerprint density at radius 3 is 2.47 bits per heavy atom. The molecule has 1 nitrogen and oxygen atoms in total. The predicted octanol–water partition coefficient (Wildman–Crippen LogP) is 4.21. The SMILES string of the molecule is CC=CC=CC=CCC(=O)CCCCC. The van der Waals surface area contributed by atoms with Crippen molar-refractivity contribution in [3.05, 3.63) is 36.5 Å². The molecule has 0 aliphatic rings. The van der Waals surface area contributed by atoms with Gasteiger partial charge in [-0.05, 0) is 13.3 Å². The number of hydrogen-bond acceptors (Lipinski definition) is 1. The quantitative estimate of drug-likeness (QED) is 0.429. The van der Waals surface area contributed by atoms with E-state index in [1.54, 1.807) is 0 Å². The van der Waals surface area contributed by atoms with Crippen molar-refractivity contribution < 1.29 is 4.79 Å². The van der Waals surface area contributed by atoms with Crippen LogP contribution in [0.5, 0.6) is 0 Å². The summed E-state index contributed by atoms with van der Waals surface area (Å²) in [6.45, 7) is 4.13. The van der Waals surface area contributed by atoms with Crippen LogP contribution in [0.25, 0.3) is 0 Å². The Morgan fingerprint density at radius 1 is 1.07 bits per heavy atom. The van der Waals surface area contributed by atoms with Crippen LogP contribution in [0.1, 0.15) is 46.0 Å². The first kappa shape index (κ1) is 13.9. The lowest BCUT2D eigenvalue weighted by Crippen LogP contribution is -1.94. The maximum absolute atomic E-state index is 11.3. The van der Waals surface area contributed by atoms with Crippen LogP contribution in [-0.2, 0) is 4.79 Å². The molecule has 0 aromatic heterocycles. The first-order valence-corrected chi connectivity index (χ1v) is 5.77. The topological polar surface area (TPSA) is 17.1 Å². The number of Topliss-reactive ketones (excluding diaryl/α,β-unsaturated/α-hetero) is 1. The molecule has 0 aliphatic carbocycles. The van der Waals surface area contributed by atoms with Gasteiger partial charge in [0.25, 0.3) is 0 Å². The second kappa shape index (κ2) is 11.0. The molecule has 0 saturated carbocycles. The zero-order valence-corrected chi connectivity index (χ0v) is 9.91. The number of rotatable bonds is 8. The molecule has 0 spiro atoms. The van der Waals surface area contributed by atoms with Crippen LogP contribution in [-0.4, -0.2) is 5.78 Å². The highest BCUT2D eigenvalue weighted by Crippen LogP contribution is 2.02. The summed E-state index contributed by atoms with van der Waals surface area (Å²) in [5.41, 5.74) is 0. The Bertz CT molecular complexity index is 234. The third-order valence-electron chi connectivity index (χ3n) is 2.07. The third kappa shape index (κ3) is 10.8. The van der Waals surface area contributed by atoms with E-state index in [9.17, 15) is 4.79 Å². The van der Waals surface area contributed by atoms with E-state index in [4.69, 9.17) is 0 Å². The van der Waals surface area contributed by atoms with Crippen LogP contribution in [0.2, 0.25) is 0 Å². The minimum absolute atomic E-state index is 0.346. The van der Waals surface area contributed by atoms with Gasteiger partial charge in [-0.2, -0.15) is 0 Å². The van der Waals surface area contributed by atoms with Gasteiger partial charge in [0.2, 0.25) is 0 Å². The Balaban J connectivity index is 3.52. The minimum Gasteiger partial charge on any atom is -0.299 e. The largest absolute Gasteiger partial charge is 0.299 e. The van der Waals surface area contributed by atoms with E-state index in [1.165, 1.54) is 6.42 Å². The van der Waals surface area contributed by atoms with Crippen molar-refractivity contribution >= 4 is 5.78 Å². The van der Waals surface area contributed by atoms with Gasteiger partial charge >= 0.3 is 0 Å². The molecule has 0 amide bonds. The van der Waals surface area contributed by atoms with E-state index in [-0.39, 0.29) is 0 Å². The van der Waals surface area contributed by atoms with Crippen LogP contribution in [0, 0.1) is 0 Å². The maximum atomic E-state index is 11.3. The van der Waals surface area contributed by atoms with E-state index >= 15 is 0 Å².